The molecule has 7 heteroatoms. The first kappa shape index (κ1) is 18.4. The Labute approximate surface area is 154 Å². The Morgan fingerprint density at radius 2 is 1.59 bits per heavy atom. The van der Waals surface area contributed by atoms with Crippen molar-refractivity contribution in [3.8, 4) is 0 Å². The van der Waals surface area contributed by atoms with Crippen LogP contribution in [0.2, 0.25) is 0 Å². The van der Waals surface area contributed by atoms with E-state index in [9.17, 15) is 18.0 Å². The van der Waals surface area contributed by atoms with Crippen LogP contribution >= 0.6 is 0 Å². The Bertz CT molecular complexity index is 925. The SMILES string of the molecule is CN(c1ccncc1)c1ccccc1C(=O)Nc1ccc(C(F)(F)F)cc1. The van der Waals surface area contributed by atoms with E-state index in [2.05, 4.69) is 10.3 Å². The van der Waals surface area contributed by atoms with Gasteiger partial charge in [0.25, 0.3) is 5.91 Å². The van der Waals surface area contributed by atoms with Crippen molar-refractivity contribution in [1.82, 2.24) is 4.98 Å². The number of pyridine rings is 1. The quantitative estimate of drug-likeness (QED) is 0.692. The molecule has 1 amide bonds. The summed E-state index contributed by atoms with van der Waals surface area (Å²) in [6.45, 7) is 0. The summed E-state index contributed by atoms with van der Waals surface area (Å²) in [6, 6.07) is 14.9. The molecule has 0 aliphatic heterocycles. The van der Waals surface area contributed by atoms with E-state index >= 15 is 0 Å². The number of carbonyl (C=O) groups is 1. The normalized spacial score (nSPS) is 11.1. The predicted octanol–water partition coefficient (Wildman–Crippen LogP) is 5.12. The molecule has 0 bridgehead atoms. The molecule has 0 aliphatic carbocycles. The highest BCUT2D eigenvalue weighted by atomic mass is 19.4. The smallest absolute Gasteiger partial charge is 0.344 e. The van der Waals surface area contributed by atoms with Gasteiger partial charge in [0, 0.05) is 30.8 Å². The maximum Gasteiger partial charge on any atom is 0.416 e. The molecule has 0 aliphatic rings. The van der Waals surface area contributed by atoms with Crippen molar-refractivity contribution in [3.63, 3.8) is 0 Å². The van der Waals surface area contributed by atoms with Crippen molar-refractivity contribution in [2.75, 3.05) is 17.3 Å². The molecular formula is C20H16F3N3O. The summed E-state index contributed by atoms with van der Waals surface area (Å²) in [4.78, 5) is 18.5. The van der Waals surface area contributed by atoms with E-state index in [1.54, 1.807) is 30.6 Å². The summed E-state index contributed by atoms with van der Waals surface area (Å²) in [5.74, 6) is -0.411. The monoisotopic (exact) mass is 371 g/mol. The van der Waals surface area contributed by atoms with Crippen LogP contribution < -0.4 is 10.2 Å². The van der Waals surface area contributed by atoms with Gasteiger partial charge >= 0.3 is 6.18 Å². The van der Waals surface area contributed by atoms with Gasteiger partial charge in [-0.1, -0.05) is 12.1 Å². The number of carbonyl (C=O) groups excluding carboxylic acids is 1. The third-order valence-electron chi connectivity index (χ3n) is 4.03. The van der Waals surface area contributed by atoms with E-state index in [0.717, 1.165) is 17.8 Å². The molecule has 3 rings (SSSR count). The summed E-state index contributed by atoms with van der Waals surface area (Å²) < 4.78 is 38.0. The van der Waals surface area contributed by atoms with Crippen molar-refractivity contribution < 1.29 is 18.0 Å². The molecule has 1 N–H and O–H groups in total. The third-order valence-corrected chi connectivity index (χ3v) is 4.03. The number of aromatic nitrogens is 1. The fraction of sp³-hybridized carbons (Fsp3) is 0.100. The minimum absolute atomic E-state index is 0.286. The fourth-order valence-corrected chi connectivity index (χ4v) is 2.61. The zero-order valence-corrected chi connectivity index (χ0v) is 14.4. The second-order valence-corrected chi connectivity index (χ2v) is 5.81. The van der Waals surface area contributed by atoms with Crippen molar-refractivity contribution in [2.24, 2.45) is 0 Å². The Balaban J connectivity index is 1.83. The lowest BCUT2D eigenvalue weighted by Gasteiger charge is -2.22. The molecule has 2 aromatic carbocycles. The van der Waals surface area contributed by atoms with Gasteiger partial charge in [0.1, 0.15) is 0 Å². The van der Waals surface area contributed by atoms with E-state index in [1.165, 1.54) is 12.1 Å². The molecule has 0 fully saturated rings. The lowest BCUT2D eigenvalue weighted by molar-refractivity contribution is -0.137. The zero-order chi connectivity index (χ0) is 19.4. The molecule has 0 radical (unpaired) electrons. The number of amides is 1. The van der Waals surface area contributed by atoms with E-state index in [1.807, 2.05) is 30.1 Å². The molecule has 0 atom stereocenters. The van der Waals surface area contributed by atoms with Gasteiger partial charge in [-0.3, -0.25) is 9.78 Å². The van der Waals surface area contributed by atoms with Gasteiger partial charge in [-0.05, 0) is 48.5 Å². The first-order valence-electron chi connectivity index (χ1n) is 8.07. The number of para-hydroxylation sites is 1. The van der Waals surface area contributed by atoms with Gasteiger partial charge < -0.3 is 10.2 Å². The molecule has 138 valence electrons. The lowest BCUT2D eigenvalue weighted by Crippen LogP contribution is -2.18. The van der Waals surface area contributed by atoms with Gasteiger partial charge in [-0.25, -0.2) is 0 Å². The van der Waals surface area contributed by atoms with Gasteiger partial charge in [0.05, 0.1) is 16.8 Å². The predicted molar refractivity (Wildman–Crippen MR) is 98.1 cm³/mol. The summed E-state index contributed by atoms with van der Waals surface area (Å²) >= 11 is 0. The first-order chi connectivity index (χ1) is 12.9. The van der Waals surface area contributed by atoms with Gasteiger partial charge in [-0.2, -0.15) is 13.2 Å². The van der Waals surface area contributed by atoms with Gasteiger partial charge in [0.15, 0.2) is 0 Å². The van der Waals surface area contributed by atoms with Crippen LogP contribution in [0, 0.1) is 0 Å². The van der Waals surface area contributed by atoms with E-state index in [4.69, 9.17) is 0 Å². The van der Waals surface area contributed by atoms with Crippen LogP contribution in [0.25, 0.3) is 0 Å². The largest absolute Gasteiger partial charge is 0.416 e. The highest BCUT2D eigenvalue weighted by Gasteiger charge is 2.30. The molecule has 1 heterocycles. The number of nitrogens with zero attached hydrogens (tertiary/aromatic N) is 2. The van der Waals surface area contributed by atoms with Crippen molar-refractivity contribution >= 4 is 23.0 Å². The maximum absolute atomic E-state index is 12.7. The average Bonchev–Trinajstić information content (AvgIpc) is 2.68. The number of nitrogens with one attached hydrogen (secondary N) is 1. The summed E-state index contributed by atoms with van der Waals surface area (Å²) in [6.07, 6.45) is -1.12. The number of anilines is 3. The summed E-state index contributed by atoms with van der Waals surface area (Å²) in [5, 5.41) is 2.64. The van der Waals surface area contributed by atoms with Crippen LogP contribution in [0.1, 0.15) is 15.9 Å². The van der Waals surface area contributed by atoms with Crippen LogP contribution in [0.3, 0.4) is 0 Å². The Morgan fingerprint density at radius 1 is 0.963 bits per heavy atom. The molecule has 4 nitrogen and oxygen atoms in total. The molecule has 0 unspecified atom stereocenters. The summed E-state index contributed by atoms with van der Waals surface area (Å²) in [5.41, 5.74) is 1.43. The van der Waals surface area contributed by atoms with Crippen LogP contribution in [0.15, 0.2) is 73.1 Å². The van der Waals surface area contributed by atoms with Gasteiger partial charge in [-0.15, -0.1) is 0 Å². The highest BCUT2D eigenvalue weighted by Crippen LogP contribution is 2.30. The Hall–Kier alpha value is -3.35. The topological polar surface area (TPSA) is 45.2 Å². The number of alkyl halides is 3. The molecule has 0 saturated carbocycles. The fourth-order valence-electron chi connectivity index (χ4n) is 2.61. The molecule has 3 aromatic rings. The summed E-state index contributed by atoms with van der Waals surface area (Å²) in [7, 11) is 1.82. The van der Waals surface area contributed by atoms with Crippen molar-refractivity contribution in [3.05, 3.63) is 84.2 Å². The minimum atomic E-state index is -4.41. The number of rotatable bonds is 4. The molecule has 0 saturated heterocycles. The lowest BCUT2D eigenvalue weighted by atomic mass is 10.1. The number of hydrogen-bond donors (Lipinski definition) is 1. The van der Waals surface area contributed by atoms with E-state index < -0.39 is 17.6 Å². The Morgan fingerprint density at radius 3 is 2.22 bits per heavy atom. The van der Waals surface area contributed by atoms with E-state index in [0.29, 0.717) is 11.3 Å². The van der Waals surface area contributed by atoms with Crippen LogP contribution in [-0.2, 0) is 6.18 Å². The highest BCUT2D eigenvalue weighted by molar-refractivity contribution is 6.08. The van der Waals surface area contributed by atoms with Crippen LogP contribution in [0.4, 0.5) is 30.2 Å². The third kappa shape index (κ3) is 4.25. The Kier molecular flexibility index (Phi) is 5.12. The molecule has 1 aromatic heterocycles. The van der Waals surface area contributed by atoms with Crippen LogP contribution in [0.5, 0.6) is 0 Å². The van der Waals surface area contributed by atoms with Crippen molar-refractivity contribution in [2.45, 2.75) is 6.18 Å². The second-order valence-electron chi connectivity index (χ2n) is 5.81. The molecule has 0 spiro atoms. The maximum atomic E-state index is 12.7. The minimum Gasteiger partial charge on any atom is -0.344 e. The molecule has 27 heavy (non-hydrogen) atoms. The average molecular weight is 371 g/mol. The number of benzene rings is 2. The van der Waals surface area contributed by atoms with Crippen molar-refractivity contribution in [1.29, 1.82) is 0 Å². The standard InChI is InChI=1S/C20H16F3N3O/c1-26(16-10-12-24-13-11-16)18-5-3-2-4-17(18)19(27)25-15-8-6-14(7-9-15)20(21,22)23/h2-13H,1H3,(H,25,27). The van der Waals surface area contributed by atoms with Gasteiger partial charge in [0.2, 0.25) is 0 Å². The second kappa shape index (κ2) is 7.49. The number of hydrogen-bond acceptors (Lipinski definition) is 3. The van der Waals surface area contributed by atoms with Crippen LogP contribution in [-0.4, -0.2) is 17.9 Å². The molecular weight excluding hydrogens is 355 g/mol. The number of halogens is 3. The zero-order valence-electron chi connectivity index (χ0n) is 14.4. The van der Waals surface area contributed by atoms with E-state index in [-0.39, 0.29) is 5.69 Å². The first-order valence-corrected chi connectivity index (χ1v) is 8.07.